The highest BCUT2D eigenvalue weighted by Crippen LogP contribution is 2.19. The third-order valence-corrected chi connectivity index (χ3v) is 3.08. The van der Waals surface area contributed by atoms with Crippen molar-refractivity contribution in [3.63, 3.8) is 0 Å². The number of ether oxygens (including phenoxy) is 1. The lowest BCUT2D eigenvalue weighted by Crippen LogP contribution is -2.43. The van der Waals surface area contributed by atoms with Crippen LogP contribution in [0.3, 0.4) is 0 Å². The van der Waals surface area contributed by atoms with E-state index in [9.17, 15) is 4.79 Å². The second-order valence-electron chi connectivity index (χ2n) is 4.50. The summed E-state index contributed by atoms with van der Waals surface area (Å²) in [6, 6.07) is 7.79. The van der Waals surface area contributed by atoms with E-state index in [1.165, 1.54) is 5.69 Å². The molecule has 1 amide bonds. The number of carbonyl (C=O) groups excluding carboxylic acids is 1. The first kappa shape index (κ1) is 14.2. The van der Waals surface area contributed by atoms with E-state index in [0.29, 0.717) is 5.75 Å². The Hall–Kier alpha value is -2.19. The smallest absolute Gasteiger partial charge is 0.258 e. The fourth-order valence-corrected chi connectivity index (χ4v) is 2.03. The second kappa shape index (κ2) is 7.41. The molecule has 0 aromatic heterocycles. The number of rotatable bonds is 5. The Kier molecular flexibility index (Phi) is 5.27. The van der Waals surface area contributed by atoms with E-state index in [2.05, 4.69) is 21.5 Å². The number of nitrogens with one attached hydrogen (secondary N) is 2. The largest absolute Gasteiger partial charge is 0.484 e. The van der Waals surface area contributed by atoms with Crippen LogP contribution in [0.1, 0.15) is 0 Å². The van der Waals surface area contributed by atoms with Crippen LogP contribution < -0.4 is 20.3 Å². The molecule has 0 bridgehead atoms. The van der Waals surface area contributed by atoms with Gasteiger partial charge in [-0.1, -0.05) is 5.92 Å². The van der Waals surface area contributed by atoms with Crippen LogP contribution >= 0.6 is 0 Å². The van der Waals surface area contributed by atoms with Crippen LogP contribution in [0.15, 0.2) is 24.3 Å². The number of hydrogen-bond acceptors (Lipinski definition) is 4. The van der Waals surface area contributed by atoms with Gasteiger partial charge in [-0.2, -0.15) is 0 Å². The molecule has 0 atom stereocenters. The van der Waals surface area contributed by atoms with Gasteiger partial charge in [0.05, 0.1) is 6.54 Å². The molecule has 1 aromatic rings. The monoisotopic (exact) mass is 273 g/mol. The standard InChI is InChI=1S/C15H19N3O2/c1-2-7-17-15(19)12-20-14-5-3-13(4-6-14)18-10-8-16-9-11-18/h1,3-6,16H,7-12H2,(H,17,19). The quantitative estimate of drug-likeness (QED) is 0.754. The fraction of sp³-hybridized carbons (Fsp3) is 0.400. The zero-order valence-corrected chi connectivity index (χ0v) is 11.4. The maximum Gasteiger partial charge on any atom is 0.258 e. The van der Waals surface area contributed by atoms with Crippen molar-refractivity contribution in [2.45, 2.75) is 0 Å². The molecular weight excluding hydrogens is 254 g/mol. The van der Waals surface area contributed by atoms with Gasteiger partial charge >= 0.3 is 0 Å². The molecule has 1 aromatic carbocycles. The van der Waals surface area contributed by atoms with Crippen LogP contribution in [0.5, 0.6) is 5.75 Å². The summed E-state index contributed by atoms with van der Waals surface area (Å²) < 4.78 is 5.40. The highest BCUT2D eigenvalue weighted by Gasteiger charge is 2.10. The van der Waals surface area contributed by atoms with Gasteiger partial charge in [0.1, 0.15) is 5.75 Å². The average Bonchev–Trinajstić information content (AvgIpc) is 2.52. The van der Waals surface area contributed by atoms with E-state index in [-0.39, 0.29) is 19.1 Å². The topological polar surface area (TPSA) is 53.6 Å². The lowest BCUT2D eigenvalue weighted by molar-refractivity contribution is -0.122. The minimum absolute atomic E-state index is 0.0192. The van der Waals surface area contributed by atoms with E-state index in [4.69, 9.17) is 11.2 Å². The van der Waals surface area contributed by atoms with Gasteiger partial charge in [-0.05, 0) is 24.3 Å². The van der Waals surface area contributed by atoms with Crippen molar-refractivity contribution < 1.29 is 9.53 Å². The first-order chi connectivity index (χ1) is 9.79. The summed E-state index contributed by atoms with van der Waals surface area (Å²) in [5.74, 6) is 2.81. The second-order valence-corrected chi connectivity index (χ2v) is 4.50. The normalized spacial score (nSPS) is 14.4. The highest BCUT2D eigenvalue weighted by atomic mass is 16.5. The summed E-state index contributed by atoms with van der Waals surface area (Å²) >= 11 is 0. The maximum absolute atomic E-state index is 11.3. The van der Waals surface area contributed by atoms with Gasteiger partial charge in [-0.3, -0.25) is 4.79 Å². The van der Waals surface area contributed by atoms with Crippen LogP contribution in [0.25, 0.3) is 0 Å². The van der Waals surface area contributed by atoms with Crippen molar-refractivity contribution >= 4 is 11.6 Å². The number of hydrogen-bond donors (Lipinski definition) is 2. The van der Waals surface area contributed by atoms with E-state index in [1.54, 1.807) is 0 Å². The number of benzene rings is 1. The molecule has 20 heavy (non-hydrogen) atoms. The summed E-state index contributed by atoms with van der Waals surface area (Å²) in [6.07, 6.45) is 5.06. The minimum Gasteiger partial charge on any atom is -0.484 e. The zero-order chi connectivity index (χ0) is 14.2. The molecule has 2 N–H and O–H groups in total. The summed E-state index contributed by atoms with van der Waals surface area (Å²) in [6.45, 7) is 4.24. The number of piperazine rings is 1. The zero-order valence-electron chi connectivity index (χ0n) is 11.4. The van der Waals surface area contributed by atoms with E-state index in [1.807, 2.05) is 24.3 Å². The predicted octanol–water partition coefficient (Wildman–Crippen LogP) is 0.224. The summed E-state index contributed by atoms with van der Waals surface area (Å²) in [7, 11) is 0. The Morgan fingerprint density at radius 1 is 1.35 bits per heavy atom. The molecule has 5 nitrogen and oxygen atoms in total. The summed E-state index contributed by atoms with van der Waals surface area (Å²) in [5.41, 5.74) is 1.18. The SMILES string of the molecule is C#CCNC(=O)COc1ccc(N2CCNCC2)cc1. The van der Waals surface area contributed by atoms with Crippen LogP contribution in [0.2, 0.25) is 0 Å². The van der Waals surface area contributed by atoms with E-state index in [0.717, 1.165) is 26.2 Å². The first-order valence-electron chi connectivity index (χ1n) is 6.68. The molecule has 1 aliphatic heterocycles. The van der Waals surface area contributed by atoms with Gasteiger partial charge in [0, 0.05) is 31.9 Å². The number of anilines is 1. The number of nitrogens with zero attached hydrogens (tertiary/aromatic N) is 1. The molecule has 2 rings (SSSR count). The van der Waals surface area contributed by atoms with Gasteiger partial charge in [0.15, 0.2) is 6.61 Å². The van der Waals surface area contributed by atoms with Crippen molar-refractivity contribution in [2.24, 2.45) is 0 Å². The highest BCUT2D eigenvalue weighted by molar-refractivity contribution is 5.77. The van der Waals surface area contributed by atoms with Gasteiger partial charge in [0.2, 0.25) is 0 Å². The molecule has 0 saturated carbocycles. The van der Waals surface area contributed by atoms with Crippen LogP contribution in [-0.2, 0) is 4.79 Å². The average molecular weight is 273 g/mol. The van der Waals surface area contributed by atoms with Crippen molar-refractivity contribution in [1.82, 2.24) is 10.6 Å². The number of amides is 1. The van der Waals surface area contributed by atoms with E-state index >= 15 is 0 Å². The first-order valence-corrected chi connectivity index (χ1v) is 6.68. The van der Waals surface area contributed by atoms with Gasteiger partial charge < -0.3 is 20.3 Å². The lowest BCUT2D eigenvalue weighted by Gasteiger charge is -2.29. The van der Waals surface area contributed by atoms with Gasteiger partial charge in [-0.15, -0.1) is 6.42 Å². The fourth-order valence-electron chi connectivity index (χ4n) is 2.03. The van der Waals surface area contributed by atoms with Crippen LogP contribution in [0, 0.1) is 12.3 Å². The Morgan fingerprint density at radius 2 is 2.05 bits per heavy atom. The Balaban J connectivity index is 1.82. The molecule has 0 spiro atoms. The summed E-state index contributed by atoms with van der Waals surface area (Å²) in [5, 5.41) is 5.87. The molecule has 106 valence electrons. The predicted molar refractivity (Wildman–Crippen MR) is 78.9 cm³/mol. The van der Waals surface area contributed by atoms with E-state index < -0.39 is 0 Å². The molecule has 0 unspecified atom stereocenters. The van der Waals surface area contributed by atoms with Gasteiger partial charge in [-0.25, -0.2) is 0 Å². The minimum atomic E-state index is -0.214. The molecule has 1 saturated heterocycles. The summed E-state index contributed by atoms with van der Waals surface area (Å²) in [4.78, 5) is 13.7. The van der Waals surface area contributed by atoms with Gasteiger partial charge in [0.25, 0.3) is 5.91 Å². The molecule has 0 aliphatic carbocycles. The molecule has 1 heterocycles. The Labute approximate surface area is 119 Å². The molecule has 1 aliphatic rings. The third kappa shape index (κ3) is 4.18. The van der Waals surface area contributed by atoms with Crippen LogP contribution in [-0.4, -0.2) is 45.2 Å². The third-order valence-electron chi connectivity index (χ3n) is 3.08. The Morgan fingerprint density at radius 3 is 2.70 bits per heavy atom. The molecular formula is C15H19N3O2. The Bertz CT molecular complexity index is 473. The lowest BCUT2D eigenvalue weighted by atomic mass is 10.2. The number of carbonyl (C=O) groups is 1. The van der Waals surface area contributed by atoms with Crippen molar-refractivity contribution in [3.8, 4) is 18.1 Å². The van der Waals surface area contributed by atoms with Crippen molar-refractivity contribution in [1.29, 1.82) is 0 Å². The molecule has 5 heteroatoms. The molecule has 0 radical (unpaired) electrons. The molecule has 1 fully saturated rings. The number of terminal acetylenes is 1. The van der Waals surface area contributed by atoms with Crippen LogP contribution in [0.4, 0.5) is 5.69 Å². The maximum atomic E-state index is 11.3. The van der Waals surface area contributed by atoms with Crippen molar-refractivity contribution in [3.05, 3.63) is 24.3 Å². The van der Waals surface area contributed by atoms with Crippen molar-refractivity contribution in [2.75, 3.05) is 44.2 Å².